The Kier molecular flexibility index (Phi) is 5.06. The lowest BCUT2D eigenvalue weighted by molar-refractivity contribution is 0.284. The lowest BCUT2D eigenvalue weighted by Crippen LogP contribution is -1.98. The first-order chi connectivity index (χ1) is 13.7. The highest BCUT2D eigenvalue weighted by molar-refractivity contribution is 5.64. The van der Waals surface area contributed by atoms with Gasteiger partial charge in [-0.25, -0.2) is 0 Å². The number of hydrogen-bond donors (Lipinski definition) is 0. The molecule has 0 spiro atoms. The third-order valence-corrected chi connectivity index (χ3v) is 4.46. The molecule has 0 aliphatic heterocycles. The molecule has 140 valence electrons. The Hall–Kier alpha value is -3.60. The maximum Gasteiger partial charge on any atom is 0.258 e. The number of nitrogens with zero attached hydrogens (tertiary/aromatic N) is 2. The monoisotopic (exact) mass is 372 g/mol. The van der Waals surface area contributed by atoms with Crippen molar-refractivity contribution in [3.05, 3.63) is 83.9 Å². The van der Waals surface area contributed by atoms with E-state index in [-0.39, 0.29) is 0 Å². The van der Waals surface area contributed by atoms with Crippen molar-refractivity contribution in [1.82, 2.24) is 10.1 Å². The quantitative estimate of drug-likeness (QED) is 0.460. The van der Waals surface area contributed by atoms with E-state index in [4.69, 9.17) is 14.0 Å². The van der Waals surface area contributed by atoms with Gasteiger partial charge in [-0.1, -0.05) is 53.7 Å². The van der Waals surface area contributed by atoms with Crippen LogP contribution < -0.4 is 9.47 Å². The van der Waals surface area contributed by atoms with Crippen molar-refractivity contribution in [2.75, 3.05) is 7.11 Å². The molecule has 0 saturated heterocycles. The van der Waals surface area contributed by atoms with E-state index in [0.717, 1.165) is 22.3 Å². The summed E-state index contributed by atoms with van der Waals surface area (Å²) >= 11 is 0. The molecule has 1 aromatic heterocycles. The summed E-state index contributed by atoms with van der Waals surface area (Å²) in [5, 5.41) is 4.12. The minimum absolute atomic E-state index is 0.468. The Labute approximate surface area is 163 Å². The molecule has 4 aromatic rings. The van der Waals surface area contributed by atoms with Crippen LogP contribution in [-0.4, -0.2) is 17.3 Å². The van der Waals surface area contributed by atoms with E-state index in [0.29, 0.717) is 29.8 Å². The maximum absolute atomic E-state index is 5.91. The summed E-state index contributed by atoms with van der Waals surface area (Å²) in [6, 6.07) is 23.5. The van der Waals surface area contributed by atoms with Crippen molar-refractivity contribution < 1.29 is 14.0 Å². The average Bonchev–Trinajstić information content (AvgIpc) is 3.23. The van der Waals surface area contributed by atoms with Gasteiger partial charge in [0.1, 0.15) is 6.61 Å². The van der Waals surface area contributed by atoms with Crippen molar-refractivity contribution in [3.8, 4) is 34.3 Å². The first-order valence-electron chi connectivity index (χ1n) is 8.99. The lowest BCUT2D eigenvalue weighted by Gasteiger charge is -2.11. The molecule has 28 heavy (non-hydrogen) atoms. The summed E-state index contributed by atoms with van der Waals surface area (Å²) in [5.74, 6) is 2.29. The molecule has 0 fully saturated rings. The van der Waals surface area contributed by atoms with E-state index in [9.17, 15) is 0 Å². The fourth-order valence-corrected chi connectivity index (χ4v) is 2.92. The third-order valence-electron chi connectivity index (χ3n) is 4.46. The van der Waals surface area contributed by atoms with Crippen LogP contribution in [0.3, 0.4) is 0 Å². The molecule has 0 saturated carbocycles. The van der Waals surface area contributed by atoms with Crippen LogP contribution in [0.4, 0.5) is 0 Å². The fraction of sp³-hybridized carbons (Fsp3) is 0.130. The number of ether oxygens (including phenoxy) is 2. The van der Waals surface area contributed by atoms with Crippen LogP contribution in [0.2, 0.25) is 0 Å². The summed E-state index contributed by atoms with van der Waals surface area (Å²) in [5.41, 5.74) is 3.90. The first kappa shape index (κ1) is 17.8. The van der Waals surface area contributed by atoms with Gasteiger partial charge in [-0.15, -0.1) is 0 Å². The standard InChI is InChI=1S/C23H20N2O3/c1-16-8-6-7-11-19(16)23-24-22(25-28-23)18-12-13-20(21(14-18)26-2)27-15-17-9-4-3-5-10-17/h3-14H,15H2,1-2H3. The molecular formula is C23H20N2O3. The predicted octanol–water partition coefficient (Wildman–Crippen LogP) is 5.30. The minimum Gasteiger partial charge on any atom is -0.493 e. The molecule has 0 aliphatic rings. The van der Waals surface area contributed by atoms with E-state index in [1.165, 1.54) is 0 Å². The van der Waals surface area contributed by atoms with Crippen LogP contribution in [0, 0.1) is 6.92 Å². The van der Waals surface area contributed by atoms with Crippen LogP contribution >= 0.6 is 0 Å². The average molecular weight is 372 g/mol. The smallest absolute Gasteiger partial charge is 0.258 e. The fourth-order valence-electron chi connectivity index (χ4n) is 2.92. The molecule has 0 amide bonds. The van der Waals surface area contributed by atoms with Crippen molar-refractivity contribution in [2.45, 2.75) is 13.5 Å². The molecule has 0 unspecified atom stereocenters. The van der Waals surface area contributed by atoms with Crippen LogP contribution in [0.1, 0.15) is 11.1 Å². The van der Waals surface area contributed by atoms with Gasteiger partial charge >= 0.3 is 0 Å². The third kappa shape index (κ3) is 3.74. The van der Waals surface area contributed by atoms with E-state index < -0.39 is 0 Å². The Morgan fingerprint density at radius 1 is 0.893 bits per heavy atom. The van der Waals surface area contributed by atoms with Gasteiger partial charge < -0.3 is 14.0 Å². The summed E-state index contributed by atoms with van der Waals surface area (Å²) in [6.07, 6.45) is 0. The molecule has 0 bridgehead atoms. The Morgan fingerprint density at radius 3 is 2.46 bits per heavy atom. The lowest BCUT2D eigenvalue weighted by atomic mass is 10.1. The first-order valence-corrected chi connectivity index (χ1v) is 8.99. The second kappa shape index (κ2) is 7.96. The topological polar surface area (TPSA) is 57.4 Å². The van der Waals surface area contributed by atoms with Gasteiger partial charge in [-0.05, 0) is 42.3 Å². The zero-order chi connectivity index (χ0) is 19.3. The minimum atomic E-state index is 0.468. The van der Waals surface area contributed by atoms with Gasteiger partial charge in [0.2, 0.25) is 5.82 Å². The van der Waals surface area contributed by atoms with Gasteiger partial charge in [-0.3, -0.25) is 0 Å². The van der Waals surface area contributed by atoms with Crippen LogP contribution in [0.5, 0.6) is 11.5 Å². The highest BCUT2D eigenvalue weighted by Gasteiger charge is 2.14. The van der Waals surface area contributed by atoms with Gasteiger partial charge in [-0.2, -0.15) is 4.98 Å². The summed E-state index contributed by atoms with van der Waals surface area (Å²) in [7, 11) is 1.61. The zero-order valence-electron chi connectivity index (χ0n) is 15.8. The van der Waals surface area contributed by atoms with Crippen molar-refractivity contribution in [2.24, 2.45) is 0 Å². The number of hydrogen-bond acceptors (Lipinski definition) is 5. The molecule has 0 radical (unpaired) electrons. The van der Waals surface area contributed by atoms with E-state index in [1.54, 1.807) is 7.11 Å². The van der Waals surface area contributed by atoms with Gasteiger partial charge in [0.05, 0.1) is 7.11 Å². The van der Waals surface area contributed by atoms with Crippen LogP contribution in [-0.2, 0) is 6.61 Å². The molecular weight excluding hydrogens is 352 g/mol. The Bertz CT molecular complexity index is 1070. The van der Waals surface area contributed by atoms with Crippen molar-refractivity contribution in [3.63, 3.8) is 0 Å². The SMILES string of the molecule is COc1cc(-c2noc(-c3ccccc3C)n2)ccc1OCc1ccccc1. The Balaban J connectivity index is 1.57. The summed E-state index contributed by atoms with van der Waals surface area (Å²) in [4.78, 5) is 4.54. The number of methoxy groups -OCH3 is 1. The van der Waals surface area contributed by atoms with Crippen LogP contribution in [0.25, 0.3) is 22.8 Å². The second-order valence-corrected chi connectivity index (χ2v) is 6.38. The highest BCUT2D eigenvalue weighted by atomic mass is 16.5. The summed E-state index contributed by atoms with van der Waals surface area (Å²) < 4.78 is 16.9. The molecule has 0 N–H and O–H groups in total. The molecule has 1 heterocycles. The van der Waals surface area contributed by atoms with E-state index in [2.05, 4.69) is 10.1 Å². The molecule has 0 atom stereocenters. The zero-order valence-corrected chi connectivity index (χ0v) is 15.8. The van der Waals surface area contributed by atoms with Gasteiger partial charge in [0, 0.05) is 11.1 Å². The Morgan fingerprint density at radius 2 is 1.68 bits per heavy atom. The number of aromatic nitrogens is 2. The summed E-state index contributed by atoms with van der Waals surface area (Å²) in [6.45, 7) is 2.48. The van der Waals surface area contributed by atoms with Gasteiger partial charge in [0.15, 0.2) is 11.5 Å². The number of rotatable bonds is 6. The van der Waals surface area contributed by atoms with Gasteiger partial charge in [0.25, 0.3) is 5.89 Å². The van der Waals surface area contributed by atoms with E-state index >= 15 is 0 Å². The predicted molar refractivity (Wildman–Crippen MR) is 107 cm³/mol. The van der Waals surface area contributed by atoms with Crippen LogP contribution in [0.15, 0.2) is 77.3 Å². The second-order valence-electron chi connectivity index (χ2n) is 6.38. The number of aryl methyl sites for hydroxylation is 1. The molecule has 4 rings (SSSR count). The maximum atomic E-state index is 5.91. The largest absolute Gasteiger partial charge is 0.493 e. The molecule has 3 aromatic carbocycles. The normalized spacial score (nSPS) is 10.6. The van der Waals surface area contributed by atoms with Crippen molar-refractivity contribution in [1.29, 1.82) is 0 Å². The van der Waals surface area contributed by atoms with E-state index in [1.807, 2.05) is 79.7 Å². The molecule has 5 heteroatoms. The highest BCUT2D eigenvalue weighted by Crippen LogP contribution is 2.33. The number of benzene rings is 3. The molecule has 0 aliphatic carbocycles. The molecule has 5 nitrogen and oxygen atoms in total. The van der Waals surface area contributed by atoms with Crippen molar-refractivity contribution >= 4 is 0 Å².